The minimum atomic E-state index is -4.57. The molecule has 4 aromatic rings. The van der Waals surface area contributed by atoms with Crippen LogP contribution in [0, 0.1) is 6.92 Å². The summed E-state index contributed by atoms with van der Waals surface area (Å²) in [6, 6.07) is 6.49. The van der Waals surface area contributed by atoms with E-state index >= 15 is 0 Å². The SMILES string of the molecule is Cc1cc(C(F)(F)F)cc(N2C(=O)N(CC3CO3)C[C@H]2c2nccn2-c2ccc3ccn(C)c3n2)n1. The van der Waals surface area contributed by atoms with E-state index in [2.05, 4.69) is 9.97 Å². The average Bonchev–Trinajstić information content (AvgIpc) is 3.23. The van der Waals surface area contributed by atoms with E-state index in [-0.39, 0.29) is 24.2 Å². The Morgan fingerprint density at radius 2 is 1.92 bits per heavy atom. The number of halogens is 3. The van der Waals surface area contributed by atoms with Crippen molar-refractivity contribution in [1.82, 2.24) is 29.0 Å². The standard InChI is InChI=1S/C24H22F3N7O2/c1-14-9-16(24(25,26)27)10-20(29-14)34-18(12-32(23(34)35)11-17-13-36-17)22-28-6-8-33(22)19-4-3-15-5-7-31(2)21(15)30-19/h3-10,17-18H,11-13H2,1-2H3/t17?,18-/m0/s1. The second kappa shape index (κ2) is 8.05. The lowest BCUT2D eigenvalue weighted by Crippen LogP contribution is -2.35. The Morgan fingerprint density at radius 3 is 2.67 bits per heavy atom. The molecule has 1 unspecified atom stereocenters. The van der Waals surface area contributed by atoms with Crippen molar-refractivity contribution in [2.75, 3.05) is 24.6 Å². The first-order valence-electron chi connectivity index (χ1n) is 11.4. The monoisotopic (exact) mass is 497 g/mol. The van der Waals surface area contributed by atoms with Gasteiger partial charge in [0.25, 0.3) is 0 Å². The quantitative estimate of drug-likeness (QED) is 0.391. The normalized spacial score (nSPS) is 20.1. The van der Waals surface area contributed by atoms with E-state index in [1.54, 1.807) is 21.9 Å². The summed E-state index contributed by atoms with van der Waals surface area (Å²) in [5.74, 6) is 0.985. The van der Waals surface area contributed by atoms with Gasteiger partial charge < -0.3 is 14.2 Å². The third-order valence-corrected chi connectivity index (χ3v) is 6.44. The minimum absolute atomic E-state index is 0.0723. The van der Waals surface area contributed by atoms with Gasteiger partial charge in [0.2, 0.25) is 0 Å². The van der Waals surface area contributed by atoms with Crippen LogP contribution in [0.15, 0.2) is 48.9 Å². The van der Waals surface area contributed by atoms with Gasteiger partial charge in [-0.25, -0.2) is 19.7 Å². The van der Waals surface area contributed by atoms with E-state index in [1.807, 2.05) is 36.0 Å². The third kappa shape index (κ3) is 3.87. The number of imidazole rings is 1. The fraction of sp³-hybridized carbons (Fsp3) is 0.333. The summed E-state index contributed by atoms with van der Waals surface area (Å²) in [7, 11) is 1.89. The highest BCUT2D eigenvalue weighted by Crippen LogP contribution is 2.38. The van der Waals surface area contributed by atoms with Crippen molar-refractivity contribution in [3.05, 3.63) is 66.0 Å². The number of aryl methyl sites for hydroxylation is 2. The Balaban J connectivity index is 1.45. The predicted octanol–water partition coefficient (Wildman–Crippen LogP) is 3.86. The average molecular weight is 497 g/mol. The number of carbonyl (C=O) groups excluding carboxylic acids is 1. The molecule has 2 atom stereocenters. The molecule has 2 aliphatic heterocycles. The number of amides is 2. The maximum atomic E-state index is 13.6. The minimum Gasteiger partial charge on any atom is -0.371 e. The van der Waals surface area contributed by atoms with Crippen molar-refractivity contribution in [1.29, 1.82) is 0 Å². The van der Waals surface area contributed by atoms with Crippen molar-refractivity contribution in [2.45, 2.75) is 25.2 Å². The number of hydrogen-bond acceptors (Lipinski definition) is 5. The zero-order valence-electron chi connectivity index (χ0n) is 19.5. The number of aromatic nitrogens is 5. The van der Waals surface area contributed by atoms with Crippen LogP contribution >= 0.6 is 0 Å². The molecular formula is C24H22F3N7O2. The lowest BCUT2D eigenvalue weighted by Gasteiger charge is -2.24. The number of urea groups is 1. The van der Waals surface area contributed by atoms with E-state index in [0.29, 0.717) is 24.8 Å². The summed E-state index contributed by atoms with van der Waals surface area (Å²) in [5.41, 5.74) is 0.0726. The number of alkyl halides is 3. The zero-order valence-corrected chi connectivity index (χ0v) is 19.5. The fourth-order valence-corrected chi connectivity index (χ4v) is 4.63. The Labute approximate surface area is 203 Å². The molecule has 0 N–H and O–H groups in total. The summed E-state index contributed by atoms with van der Waals surface area (Å²) in [4.78, 5) is 29.9. The van der Waals surface area contributed by atoms with Gasteiger partial charge in [0, 0.05) is 36.7 Å². The Hall–Kier alpha value is -3.93. The highest BCUT2D eigenvalue weighted by molar-refractivity contribution is 5.94. The second-order valence-corrected chi connectivity index (χ2v) is 9.05. The van der Waals surface area contributed by atoms with Gasteiger partial charge in [-0.1, -0.05) is 0 Å². The molecule has 2 saturated heterocycles. The lowest BCUT2D eigenvalue weighted by atomic mass is 10.2. The van der Waals surface area contributed by atoms with Gasteiger partial charge >= 0.3 is 12.2 Å². The largest absolute Gasteiger partial charge is 0.416 e. The van der Waals surface area contributed by atoms with E-state index in [4.69, 9.17) is 9.72 Å². The molecule has 2 aliphatic rings. The molecule has 0 spiro atoms. The molecule has 0 bridgehead atoms. The van der Waals surface area contributed by atoms with Crippen molar-refractivity contribution in [3.63, 3.8) is 0 Å². The Bertz CT molecular complexity index is 1470. The van der Waals surface area contributed by atoms with Gasteiger partial charge in [0.15, 0.2) is 0 Å². The van der Waals surface area contributed by atoms with Crippen LogP contribution < -0.4 is 4.90 Å². The van der Waals surface area contributed by atoms with Crippen LogP contribution in [0.3, 0.4) is 0 Å². The molecule has 36 heavy (non-hydrogen) atoms. The van der Waals surface area contributed by atoms with E-state index in [1.165, 1.54) is 11.8 Å². The molecule has 4 aromatic heterocycles. The molecule has 9 nitrogen and oxygen atoms in total. The maximum absolute atomic E-state index is 13.6. The molecule has 0 aliphatic carbocycles. The number of pyridine rings is 2. The fourth-order valence-electron chi connectivity index (χ4n) is 4.63. The first-order chi connectivity index (χ1) is 17.2. The number of fused-ring (bicyclic) bond motifs is 1. The smallest absolute Gasteiger partial charge is 0.371 e. The number of nitrogens with zero attached hydrogens (tertiary/aromatic N) is 7. The van der Waals surface area contributed by atoms with E-state index < -0.39 is 23.8 Å². The van der Waals surface area contributed by atoms with Crippen molar-refractivity contribution in [2.24, 2.45) is 7.05 Å². The zero-order chi connectivity index (χ0) is 25.2. The highest BCUT2D eigenvalue weighted by Gasteiger charge is 2.45. The van der Waals surface area contributed by atoms with E-state index in [0.717, 1.165) is 23.2 Å². The number of epoxide rings is 1. The third-order valence-electron chi connectivity index (χ3n) is 6.44. The van der Waals surface area contributed by atoms with Crippen molar-refractivity contribution in [3.8, 4) is 5.82 Å². The van der Waals surface area contributed by atoms with Gasteiger partial charge in [-0.05, 0) is 37.3 Å². The molecule has 186 valence electrons. The van der Waals surface area contributed by atoms with Crippen molar-refractivity contribution < 1.29 is 22.7 Å². The number of hydrogen-bond donors (Lipinski definition) is 0. The molecule has 12 heteroatoms. The predicted molar refractivity (Wildman–Crippen MR) is 124 cm³/mol. The number of anilines is 1. The number of rotatable bonds is 5. The summed E-state index contributed by atoms with van der Waals surface area (Å²) in [6.45, 7) is 2.59. The van der Waals surface area contributed by atoms with Crippen LogP contribution in [-0.2, 0) is 18.0 Å². The van der Waals surface area contributed by atoms with E-state index in [9.17, 15) is 18.0 Å². The van der Waals surface area contributed by atoms with Gasteiger partial charge in [0.05, 0.1) is 31.4 Å². The second-order valence-electron chi connectivity index (χ2n) is 9.05. The summed E-state index contributed by atoms with van der Waals surface area (Å²) in [5, 5.41) is 0.972. The van der Waals surface area contributed by atoms with Crippen molar-refractivity contribution >= 4 is 22.9 Å². The molecule has 2 amide bonds. The first kappa shape index (κ1) is 22.5. The first-order valence-corrected chi connectivity index (χ1v) is 11.4. The molecule has 0 aromatic carbocycles. The molecule has 6 rings (SSSR count). The van der Waals surface area contributed by atoms with Gasteiger partial charge in [-0.2, -0.15) is 13.2 Å². The van der Waals surface area contributed by atoms with Crippen LogP contribution in [-0.4, -0.2) is 60.8 Å². The molecule has 2 fully saturated rings. The lowest BCUT2D eigenvalue weighted by molar-refractivity contribution is -0.137. The van der Waals surface area contributed by atoms with Crippen LogP contribution in [0.25, 0.3) is 16.9 Å². The topological polar surface area (TPSA) is 84.6 Å². The summed E-state index contributed by atoms with van der Waals surface area (Å²) < 4.78 is 49.7. The van der Waals surface area contributed by atoms with Crippen LogP contribution in [0.2, 0.25) is 0 Å². The molecular weight excluding hydrogens is 475 g/mol. The van der Waals surface area contributed by atoms with Gasteiger partial charge in [-0.15, -0.1) is 0 Å². The van der Waals surface area contributed by atoms with Crippen LogP contribution in [0.5, 0.6) is 0 Å². The number of ether oxygens (including phenoxy) is 1. The van der Waals surface area contributed by atoms with Gasteiger partial charge in [0.1, 0.15) is 29.1 Å². The molecule has 0 saturated carbocycles. The van der Waals surface area contributed by atoms with Gasteiger partial charge in [-0.3, -0.25) is 9.47 Å². The Morgan fingerprint density at radius 1 is 1.11 bits per heavy atom. The number of carbonyl (C=O) groups is 1. The summed E-state index contributed by atoms with van der Waals surface area (Å²) >= 11 is 0. The highest BCUT2D eigenvalue weighted by atomic mass is 19.4. The Kier molecular flexibility index (Phi) is 5.04. The molecule has 6 heterocycles. The van der Waals surface area contributed by atoms with Crippen LogP contribution in [0.1, 0.15) is 23.1 Å². The summed E-state index contributed by atoms with van der Waals surface area (Å²) in [6.07, 6.45) is 0.577. The van der Waals surface area contributed by atoms with Crippen LogP contribution in [0.4, 0.5) is 23.8 Å². The maximum Gasteiger partial charge on any atom is 0.416 e. The molecule has 0 radical (unpaired) electrons.